The van der Waals surface area contributed by atoms with Crippen LogP contribution in [0.3, 0.4) is 0 Å². The van der Waals surface area contributed by atoms with Gasteiger partial charge in [-0.3, -0.25) is 9.59 Å². The molecule has 0 bridgehead atoms. The second-order valence-corrected chi connectivity index (χ2v) is 5.62. The first kappa shape index (κ1) is 16.3. The van der Waals surface area contributed by atoms with Gasteiger partial charge in [-0.2, -0.15) is 0 Å². The molecule has 7 heteroatoms. The average Bonchev–Trinajstić information content (AvgIpc) is 2.78. The second-order valence-electron chi connectivity index (χ2n) is 5.62. The Labute approximate surface area is 119 Å². The summed E-state index contributed by atoms with van der Waals surface area (Å²) >= 11 is 0. The first-order valence-corrected chi connectivity index (χ1v) is 6.68. The van der Waals surface area contributed by atoms with Crippen LogP contribution in [-0.2, 0) is 9.59 Å². The van der Waals surface area contributed by atoms with Crippen LogP contribution in [0.15, 0.2) is 0 Å². The highest BCUT2D eigenvalue weighted by atomic mass is 16.4. The third-order valence-corrected chi connectivity index (χ3v) is 3.74. The number of aliphatic carboxylic acids is 1. The number of amides is 3. The van der Waals surface area contributed by atoms with Gasteiger partial charge in [0.15, 0.2) is 0 Å². The molecule has 0 aliphatic carbocycles. The molecule has 1 rings (SSSR count). The summed E-state index contributed by atoms with van der Waals surface area (Å²) in [5.74, 6) is -1.04. The van der Waals surface area contributed by atoms with Gasteiger partial charge in [-0.25, -0.2) is 4.79 Å². The Bertz CT molecular complexity index is 410. The lowest BCUT2D eigenvalue weighted by molar-refractivity contribution is -0.147. The predicted molar refractivity (Wildman–Crippen MR) is 73.3 cm³/mol. The van der Waals surface area contributed by atoms with Gasteiger partial charge >= 0.3 is 12.0 Å². The fourth-order valence-corrected chi connectivity index (χ4v) is 2.12. The number of hydrogen-bond acceptors (Lipinski definition) is 3. The largest absolute Gasteiger partial charge is 0.481 e. The molecular formula is C13H23N3O4. The van der Waals surface area contributed by atoms with E-state index in [1.54, 1.807) is 27.9 Å². The fraction of sp³-hybridized carbons (Fsp3) is 0.769. The van der Waals surface area contributed by atoms with E-state index >= 15 is 0 Å². The third kappa shape index (κ3) is 3.40. The van der Waals surface area contributed by atoms with Gasteiger partial charge in [0.05, 0.1) is 5.41 Å². The molecule has 0 saturated carbocycles. The van der Waals surface area contributed by atoms with E-state index in [1.807, 2.05) is 0 Å². The van der Waals surface area contributed by atoms with Crippen LogP contribution < -0.4 is 0 Å². The molecular weight excluding hydrogens is 262 g/mol. The number of rotatable bonds is 4. The number of carbonyl (C=O) groups is 3. The molecule has 20 heavy (non-hydrogen) atoms. The highest BCUT2D eigenvalue weighted by molar-refractivity contribution is 5.85. The SMILES string of the molecule is CCN(CC(=O)N(C)C)C(=O)N1CCC(C)(C(=O)O)C1. The van der Waals surface area contributed by atoms with Gasteiger partial charge in [0.1, 0.15) is 6.54 Å². The number of carboxylic acids is 1. The molecule has 114 valence electrons. The maximum absolute atomic E-state index is 12.3. The van der Waals surface area contributed by atoms with Crippen molar-refractivity contribution in [3.8, 4) is 0 Å². The van der Waals surface area contributed by atoms with Gasteiger partial charge in [0.25, 0.3) is 0 Å². The van der Waals surface area contributed by atoms with Crippen LogP contribution in [-0.4, -0.2) is 78.0 Å². The summed E-state index contributed by atoms with van der Waals surface area (Å²) in [7, 11) is 3.27. The van der Waals surface area contributed by atoms with Crippen molar-refractivity contribution in [1.29, 1.82) is 0 Å². The van der Waals surface area contributed by atoms with Crippen LogP contribution in [0.5, 0.6) is 0 Å². The number of likely N-dealkylation sites (N-methyl/N-ethyl adjacent to an activating group) is 2. The summed E-state index contributed by atoms with van der Waals surface area (Å²) < 4.78 is 0. The van der Waals surface area contributed by atoms with Crippen LogP contribution in [0.4, 0.5) is 4.79 Å². The van der Waals surface area contributed by atoms with E-state index in [9.17, 15) is 19.5 Å². The van der Waals surface area contributed by atoms with Crippen molar-refractivity contribution >= 4 is 17.9 Å². The Morgan fingerprint density at radius 2 is 1.90 bits per heavy atom. The topological polar surface area (TPSA) is 81.2 Å². The van der Waals surface area contributed by atoms with Crippen LogP contribution >= 0.6 is 0 Å². The van der Waals surface area contributed by atoms with Gasteiger partial charge in [-0.05, 0) is 20.3 Å². The normalized spacial score (nSPS) is 21.7. The summed E-state index contributed by atoms with van der Waals surface area (Å²) in [4.78, 5) is 39.6. The Morgan fingerprint density at radius 3 is 2.30 bits per heavy atom. The van der Waals surface area contributed by atoms with Gasteiger partial charge in [-0.1, -0.05) is 0 Å². The zero-order valence-corrected chi connectivity index (χ0v) is 12.5. The van der Waals surface area contributed by atoms with Gasteiger partial charge in [0.2, 0.25) is 5.91 Å². The molecule has 1 atom stereocenters. The monoisotopic (exact) mass is 285 g/mol. The lowest BCUT2D eigenvalue weighted by Crippen LogP contribution is -2.47. The van der Waals surface area contributed by atoms with Crippen molar-refractivity contribution in [2.24, 2.45) is 5.41 Å². The van der Waals surface area contributed by atoms with Crippen LogP contribution in [0, 0.1) is 5.41 Å². The van der Waals surface area contributed by atoms with E-state index in [2.05, 4.69) is 0 Å². The molecule has 1 aliphatic heterocycles. The molecule has 1 heterocycles. The summed E-state index contributed by atoms with van der Waals surface area (Å²) in [5, 5.41) is 9.17. The zero-order valence-electron chi connectivity index (χ0n) is 12.5. The molecule has 3 amide bonds. The van der Waals surface area contributed by atoms with Crippen molar-refractivity contribution in [1.82, 2.24) is 14.7 Å². The predicted octanol–water partition coefficient (Wildman–Crippen LogP) is 0.313. The van der Waals surface area contributed by atoms with Crippen LogP contribution in [0.1, 0.15) is 20.3 Å². The quantitative estimate of drug-likeness (QED) is 0.806. The van der Waals surface area contributed by atoms with Crippen LogP contribution in [0.25, 0.3) is 0 Å². The highest BCUT2D eigenvalue weighted by Gasteiger charge is 2.43. The number of carboxylic acid groups (broad SMARTS) is 1. The van der Waals surface area contributed by atoms with Crippen molar-refractivity contribution in [3.63, 3.8) is 0 Å². The van der Waals surface area contributed by atoms with E-state index in [4.69, 9.17) is 0 Å². The minimum atomic E-state index is -0.889. The molecule has 1 saturated heterocycles. The molecule has 1 fully saturated rings. The summed E-state index contributed by atoms with van der Waals surface area (Å²) in [6.07, 6.45) is 0.438. The molecule has 7 nitrogen and oxygen atoms in total. The van der Waals surface area contributed by atoms with Gasteiger partial charge in [0, 0.05) is 33.7 Å². The minimum absolute atomic E-state index is 0.0165. The van der Waals surface area contributed by atoms with Crippen molar-refractivity contribution in [2.45, 2.75) is 20.3 Å². The summed E-state index contributed by atoms with van der Waals surface area (Å²) in [5.41, 5.74) is -0.888. The molecule has 1 N–H and O–H groups in total. The molecule has 0 radical (unpaired) electrons. The Balaban J connectivity index is 2.69. The van der Waals surface area contributed by atoms with E-state index in [0.717, 1.165) is 0 Å². The fourth-order valence-electron chi connectivity index (χ4n) is 2.12. The molecule has 1 unspecified atom stereocenters. The zero-order chi connectivity index (χ0) is 15.5. The molecule has 0 spiro atoms. The van der Waals surface area contributed by atoms with E-state index in [-0.39, 0.29) is 25.0 Å². The third-order valence-electron chi connectivity index (χ3n) is 3.74. The smallest absolute Gasteiger partial charge is 0.320 e. The Morgan fingerprint density at radius 1 is 1.30 bits per heavy atom. The van der Waals surface area contributed by atoms with Crippen molar-refractivity contribution in [2.75, 3.05) is 40.3 Å². The number of urea groups is 1. The van der Waals surface area contributed by atoms with E-state index < -0.39 is 11.4 Å². The van der Waals surface area contributed by atoms with Crippen molar-refractivity contribution < 1.29 is 19.5 Å². The number of nitrogens with zero attached hydrogens (tertiary/aromatic N) is 3. The first-order valence-electron chi connectivity index (χ1n) is 6.68. The second kappa shape index (κ2) is 6.11. The molecule has 0 aromatic carbocycles. The molecule has 0 aromatic heterocycles. The summed E-state index contributed by atoms with van der Waals surface area (Å²) in [6.45, 7) is 4.47. The number of hydrogen-bond donors (Lipinski definition) is 1. The first-order chi connectivity index (χ1) is 9.21. The molecule has 0 aromatic rings. The van der Waals surface area contributed by atoms with Gasteiger partial charge < -0.3 is 19.8 Å². The maximum Gasteiger partial charge on any atom is 0.320 e. The van der Waals surface area contributed by atoms with Crippen LogP contribution in [0.2, 0.25) is 0 Å². The Kier molecular flexibility index (Phi) is 4.97. The number of likely N-dealkylation sites (tertiary alicyclic amines) is 1. The lowest BCUT2D eigenvalue weighted by Gasteiger charge is -2.28. The number of carbonyl (C=O) groups excluding carboxylic acids is 2. The average molecular weight is 285 g/mol. The molecule has 1 aliphatic rings. The van der Waals surface area contributed by atoms with Crippen molar-refractivity contribution in [3.05, 3.63) is 0 Å². The standard InChI is InChI=1S/C13H23N3O4/c1-5-15(8-10(17)14(3)4)12(20)16-7-6-13(2,9-16)11(18)19/h5-9H2,1-4H3,(H,18,19). The van der Waals surface area contributed by atoms with E-state index in [1.165, 1.54) is 14.7 Å². The highest BCUT2D eigenvalue weighted by Crippen LogP contribution is 2.30. The Hall–Kier alpha value is -1.79. The summed E-state index contributed by atoms with van der Waals surface area (Å²) in [6, 6.07) is -0.271. The van der Waals surface area contributed by atoms with E-state index in [0.29, 0.717) is 19.5 Å². The minimum Gasteiger partial charge on any atom is -0.481 e. The van der Waals surface area contributed by atoms with Gasteiger partial charge in [-0.15, -0.1) is 0 Å². The lowest BCUT2D eigenvalue weighted by atomic mass is 9.90. The maximum atomic E-state index is 12.3.